The summed E-state index contributed by atoms with van der Waals surface area (Å²) in [5.41, 5.74) is 2.02. The maximum atomic E-state index is 12.3. The highest BCUT2D eigenvalue weighted by Gasteiger charge is 2.10. The summed E-state index contributed by atoms with van der Waals surface area (Å²) in [4.78, 5) is 24.5. The molecule has 1 amide bonds. The monoisotopic (exact) mass is 405 g/mol. The molecule has 0 radical (unpaired) electrons. The maximum absolute atomic E-state index is 12.3. The van der Waals surface area contributed by atoms with Gasteiger partial charge in [0, 0.05) is 12.1 Å². The average Bonchev–Trinajstić information content (AvgIpc) is 2.79. The third-order valence-electron chi connectivity index (χ3n) is 4.32. The second-order valence-corrected chi connectivity index (χ2v) is 6.50. The third kappa shape index (κ3) is 6.18. The van der Waals surface area contributed by atoms with Gasteiger partial charge in [0.05, 0.1) is 12.2 Å². The molecule has 0 atom stereocenters. The van der Waals surface area contributed by atoms with E-state index in [9.17, 15) is 9.59 Å². The van der Waals surface area contributed by atoms with Crippen molar-refractivity contribution in [3.63, 3.8) is 0 Å². The van der Waals surface area contributed by atoms with E-state index in [1.807, 2.05) is 30.3 Å². The minimum absolute atomic E-state index is 0.0785. The van der Waals surface area contributed by atoms with Gasteiger partial charge in [0.15, 0.2) is 0 Å². The van der Waals surface area contributed by atoms with Gasteiger partial charge in [0.25, 0.3) is 5.91 Å². The lowest BCUT2D eigenvalue weighted by Crippen LogP contribution is -2.25. The highest BCUT2D eigenvalue weighted by Crippen LogP contribution is 2.17. The number of ether oxygens (including phenoxy) is 2. The summed E-state index contributed by atoms with van der Waals surface area (Å²) in [7, 11) is 0. The van der Waals surface area contributed by atoms with E-state index in [1.54, 1.807) is 48.5 Å². The fourth-order valence-electron chi connectivity index (χ4n) is 2.76. The maximum Gasteiger partial charge on any atom is 0.343 e. The fraction of sp³-hybridized carbons (Fsp3) is 0.167. The van der Waals surface area contributed by atoms with Crippen LogP contribution in [0.4, 0.5) is 0 Å². The molecule has 30 heavy (non-hydrogen) atoms. The summed E-state index contributed by atoms with van der Waals surface area (Å²) in [5, 5.41) is 11.6. The molecule has 3 aromatic rings. The van der Waals surface area contributed by atoms with Crippen LogP contribution in [0.25, 0.3) is 0 Å². The van der Waals surface area contributed by atoms with Gasteiger partial charge in [-0.05, 0) is 60.5 Å². The topological polar surface area (TPSA) is 84.9 Å². The van der Waals surface area contributed by atoms with E-state index in [0.29, 0.717) is 29.2 Å². The van der Waals surface area contributed by atoms with E-state index >= 15 is 0 Å². The van der Waals surface area contributed by atoms with Crippen molar-refractivity contribution in [1.82, 2.24) is 5.32 Å². The Bertz CT molecular complexity index is 953. The van der Waals surface area contributed by atoms with E-state index in [4.69, 9.17) is 14.6 Å². The Hall–Kier alpha value is -3.64. The van der Waals surface area contributed by atoms with Crippen LogP contribution in [0, 0.1) is 0 Å². The number of rotatable bonds is 9. The lowest BCUT2D eigenvalue weighted by Gasteiger charge is -2.08. The van der Waals surface area contributed by atoms with Gasteiger partial charge in [-0.1, -0.05) is 30.3 Å². The van der Waals surface area contributed by atoms with Crippen LogP contribution in [-0.4, -0.2) is 36.7 Å². The number of amides is 1. The number of esters is 1. The van der Waals surface area contributed by atoms with Crippen LogP contribution in [-0.2, 0) is 6.42 Å². The minimum atomic E-state index is -0.510. The number of aliphatic hydroxyl groups excluding tert-OH is 1. The highest BCUT2D eigenvalue weighted by molar-refractivity contribution is 5.94. The Morgan fingerprint density at radius 3 is 2.10 bits per heavy atom. The Labute approximate surface area is 175 Å². The van der Waals surface area contributed by atoms with Gasteiger partial charge >= 0.3 is 5.97 Å². The smallest absolute Gasteiger partial charge is 0.343 e. The zero-order valence-electron chi connectivity index (χ0n) is 16.4. The number of aliphatic hydroxyl groups is 1. The van der Waals surface area contributed by atoms with Crippen molar-refractivity contribution in [2.45, 2.75) is 6.42 Å². The molecule has 0 aliphatic rings. The van der Waals surface area contributed by atoms with Crippen LogP contribution in [0.2, 0.25) is 0 Å². The summed E-state index contributed by atoms with van der Waals surface area (Å²) in [6.45, 7) is 0.651. The molecule has 0 aliphatic heterocycles. The van der Waals surface area contributed by atoms with Crippen molar-refractivity contribution in [3.8, 4) is 11.5 Å². The number of hydrogen-bond acceptors (Lipinski definition) is 5. The fourth-order valence-corrected chi connectivity index (χ4v) is 2.76. The van der Waals surface area contributed by atoms with E-state index < -0.39 is 5.97 Å². The van der Waals surface area contributed by atoms with Gasteiger partial charge in [-0.3, -0.25) is 4.79 Å². The number of hydrogen-bond donors (Lipinski definition) is 2. The van der Waals surface area contributed by atoms with Crippen LogP contribution in [0.5, 0.6) is 11.5 Å². The van der Waals surface area contributed by atoms with Crippen molar-refractivity contribution in [1.29, 1.82) is 0 Å². The number of carbonyl (C=O) groups is 2. The highest BCUT2D eigenvalue weighted by atomic mass is 16.5. The SMILES string of the molecule is O=C(NCCc1ccccc1)c1ccc(OC(=O)c2ccc(OCCO)cc2)cc1. The quantitative estimate of drug-likeness (QED) is 0.422. The summed E-state index contributed by atoms with van der Waals surface area (Å²) in [6.07, 6.45) is 0.756. The van der Waals surface area contributed by atoms with Crippen LogP contribution in [0.3, 0.4) is 0 Å². The first-order valence-corrected chi connectivity index (χ1v) is 9.64. The molecule has 0 unspecified atom stereocenters. The van der Waals surface area contributed by atoms with Gasteiger partial charge in [-0.25, -0.2) is 4.79 Å². The molecule has 0 bridgehead atoms. The second kappa shape index (κ2) is 10.8. The van der Waals surface area contributed by atoms with Crippen molar-refractivity contribution < 1.29 is 24.2 Å². The van der Waals surface area contributed by atoms with Crippen LogP contribution in [0.15, 0.2) is 78.9 Å². The molecule has 0 aromatic heterocycles. The van der Waals surface area contributed by atoms with Crippen molar-refractivity contribution in [2.24, 2.45) is 0 Å². The Kier molecular flexibility index (Phi) is 7.58. The molecule has 2 N–H and O–H groups in total. The summed E-state index contributed by atoms with van der Waals surface area (Å²) in [6, 6.07) is 22.8. The van der Waals surface area contributed by atoms with Gasteiger partial charge in [0.2, 0.25) is 0 Å². The minimum Gasteiger partial charge on any atom is -0.491 e. The first-order chi connectivity index (χ1) is 14.7. The number of carbonyl (C=O) groups excluding carboxylic acids is 2. The molecule has 0 saturated heterocycles. The molecule has 0 saturated carbocycles. The summed E-state index contributed by atoms with van der Waals surface area (Å²) >= 11 is 0. The van der Waals surface area contributed by atoms with Crippen LogP contribution in [0.1, 0.15) is 26.3 Å². The Morgan fingerprint density at radius 2 is 1.43 bits per heavy atom. The number of benzene rings is 3. The molecule has 154 valence electrons. The molecule has 3 aromatic carbocycles. The Morgan fingerprint density at radius 1 is 0.800 bits per heavy atom. The largest absolute Gasteiger partial charge is 0.491 e. The standard InChI is InChI=1S/C24H23NO5/c26-16-17-29-21-10-8-20(9-11-21)24(28)30-22-12-6-19(7-13-22)23(27)25-15-14-18-4-2-1-3-5-18/h1-13,26H,14-17H2,(H,25,27). The normalized spacial score (nSPS) is 10.3. The lowest BCUT2D eigenvalue weighted by molar-refractivity contribution is 0.0734. The molecular weight excluding hydrogens is 382 g/mol. The van der Waals surface area contributed by atoms with Gasteiger partial charge in [-0.15, -0.1) is 0 Å². The van der Waals surface area contributed by atoms with Gasteiger partial charge in [-0.2, -0.15) is 0 Å². The predicted octanol–water partition coefficient (Wildman–Crippen LogP) is 3.25. The van der Waals surface area contributed by atoms with Crippen LogP contribution < -0.4 is 14.8 Å². The molecule has 0 fully saturated rings. The summed E-state index contributed by atoms with van der Waals surface area (Å²) < 4.78 is 10.6. The van der Waals surface area contributed by atoms with Crippen molar-refractivity contribution in [3.05, 3.63) is 95.6 Å². The van der Waals surface area contributed by atoms with Gasteiger partial charge in [0.1, 0.15) is 18.1 Å². The number of nitrogens with one attached hydrogen (secondary N) is 1. The van der Waals surface area contributed by atoms with E-state index in [0.717, 1.165) is 12.0 Å². The van der Waals surface area contributed by atoms with E-state index in [-0.39, 0.29) is 19.1 Å². The first kappa shape index (κ1) is 21.1. The molecule has 6 heteroatoms. The molecule has 0 spiro atoms. The first-order valence-electron chi connectivity index (χ1n) is 9.64. The Balaban J connectivity index is 1.49. The predicted molar refractivity (Wildman–Crippen MR) is 113 cm³/mol. The van der Waals surface area contributed by atoms with Crippen LogP contribution >= 0.6 is 0 Å². The molecule has 3 rings (SSSR count). The van der Waals surface area contributed by atoms with Gasteiger partial charge < -0.3 is 19.9 Å². The molecule has 0 heterocycles. The lowest BCUT2D eigenvalue weighted by atomic mass is 10.1. The van der Waals surface area contributed by atoms with E-state index in [2.05, 4.69) is 5.32 Å². The molecule has 0 aliphatic carbocycles. The second-order valence-electron chi connectivity index (χ2n) is 6.50. The molecular formula is C24H23NO5. The van der Waals surface area contributed by atoms with Crippen molar-refractivity contribution >= 4 is 11.9 Å². The third-order valence-corrected chi connectivity index (χ3v) is 4.32. The van der Waals surface area contributed by atoms with Crippen molar-refractivity contribution in [2.75, 3.05) is 19.8 Å². The van der Waals surface area contributed by atoms with E-state index in [1.165, 1.54) is 0 Å². The summed E-state index contributed by atoms with van der Waals surface area (Å²) in [5.74, 6) is 0.218. The zero-order valence-corrected chi connectivity index (χ0v) is 16.4. The average molecular weight is 405 g/mol. The zero-order chi connectivity index (χ0) is 21.2. The molecule has 6 nitrogen and oxygen atoms in total.